The van der Waals surface area contributed by atoms with Crippen LogP contribution in [0.4, 0.5) is 0 Å². The van der Waals surface area contributed by atoms with E-state index < -0.39 is 29.9 Å². The Labute approximate surface area is 219 Å². The van der Waals surface area contributed by atoms with Gasteiger partial charge in [0.05, 0.1) is 19.1 Å². The minimum Gasteiger partial charge on any atom is -0.479 e. The van der Waals surface area contributed by atoms with Crippen molar-refractivity contribution in [2.24, 2.45) is 17.8 Å². The largest absolute Gasteiger partial charge is 0.479 e. The van der Waals surface area contributed by atoms with Crippen molar-refractivity contribution in [3.05, 3.63) is 47.5 Å². The Bertz CT molecular complexity index is 896. The maximum absolute atomic E-state index is 12.1. The van der Waals surface area contributed by atoms with Gasteiger partial charge in [-0.2, -0.15) is 0 Å². The number of carboxylic acids is 1. The molecule has 0 saturated heterocycles. The molecule has 0 bridgehead atoms. The standard InChI is InChI=1S/C28H42N2O7/c1-19(2)15-24(27(34)35)37-28(36)21(4)16-29-26(33)17-30-25(32)8-6-5-7-20(3)9-10-22-11-13-23(18-31)14-12-22/h6,8,11-14,19-21,24,31H,5,7,9-10,15-18H2,1-4H3,(H,29,33)(H,30,32)(H,34,35). The average molecular weight is 519 g/mol. The van der Waals surface area contributed by atoms with Crippen LogP contribution in [0.3, 0.4) is 0 Å². The highest BCUT2D eigenvalue weighted by atomic mass is 16.6. The number of aliphatic carboxylic acids is 1. The lowest BCUT2D eigenvalue weighted by Crippen LogP contribution is -2.40. The van der Waals surface area contributed by atoms with E-state index in [0.29, 0.717) is 5.92 Å². The van der Waals surface area contributed by atoms with E-state index in [0.717, 1.165) is 31.2 Å². The summed E-state index contributed by atoms with van der Waals surface area (Å²) in [4.78, 5) is 47.3. The number of esters is 1. The van der Waals surface area contributed by atoms with Crippen molar-refractivity contribution in [1.82, 2.24) is 10.6 Å². The van der Waals surface area contributed by atoms with E-state index in [2.05, 4.69) is 17.6 Å². The number of aliphatic hydroxyl groups is 1. The van der Waals surface area contributed by atoms with E-state index in [1.54, 1.807) is 6.08 Å². The van der Waals surface area contributed by atoms with Crippen molar-refractivity contribution in [3.8, 4) is 0 Å². The molecule has 3 unspecified atom stereocenters. The van der Waals surface area contributed by atoms with Crippen LogP contribution in [0.25, 0.3) is 0 Å². The van der Waals surface area contributed by atoms with Crippen LogP contribution in [-0.4, -0.2) is 53.2 Å². The molecular formula is C28H42N2O7. The smallest absolute Gasteiger partial charge is 0.345 e. The van der Waals surface area contributed by atoms with Crippen LogP contribution in [0.5, 0.6) is 0 Å². The maximum Gasteiger partial charge on any atom is 0.345 e. The summed E-state index contributed by atoms with van der Waals surface area (Å²) >= 11 is 0. The van der Waals surface area contributed by atoms with Gasteiger partial charge in [-0.15, -0.1) is 0 Å². The van der Waals surface area contributed by atoms with Gasteiger partial charge in [-0.25, -0.2) is 4.79 Å². The summed E-state index contributed by atoms with van der Waals surface area (Å²) in [5.74, 6) is -2.93. The molecule has 0 aliphatic heterocycles. The van der Waals surface area contributed by atoms with Crippen LogP contribution >= 0.6 is 0 Å². The summed E-state index contributed by atoms with van der Waals surface area (Å²) in [5, 5.41) is 23.3. The Kier molecular flexibility index (Phi) is 14.9. The molecule has 1 aromatic rings. The number of rotatable bonds is 17. The highest BCUT2D eigenvalue weighted by molar-refractivity contribution is 5.91. The molecule has 206 valence electrons. The van der Waals surface area contributed by atoms with Gasteiger partial charge in [0, 0.05) is 6.54 Å². The lowest BCUT2D eigenvalue weighted by atomic mass is 9.96. The zero-order valence-electron chi connectivity index (χ0n) is 22.4. The molecule has 0 radical (unpaired) electrons. The van der Waals surface area contributed by atoms with Crippen molar-refractivity contribution in [2.45, 2.75) is 72.5 Å². The fourth-order valence-electron chi connectivity index (χ4n) is 3.46. The van der Waals surface area contributed by atoms with E-state index in [1.165, 1.54) is 18.6 Å². The second-order valence-corrected chi connectivity index (χ2v) is 9.91. The third-order valence-electron chi connectivity index (χ3n) is 5.88. The molecule has 0 aliphatic carbocycles. The number of carbonyl (C=O) groups is 4. The molecule has 0 aliphatic rings. The Morgan fingerprint density at radius 1 is 0.973 bits per heavy atom. The Morgan fingerprint density at radius 2 is 1.62 bits per heavy atom. The van der Waals surface area contributed by atoms with Gasteiger partial charge in [-0.3, -0.25) is 14.4 Å². The molecule has 0 saturated carbocycles. The van der Waals surface area contributed by atoms with E-state index in [9.17, 15) is 24.3 Å². The van der Waals surface area contributed by atoms with Gasteiger partial charge in [0.2, 0.25) is 11.8 Å². The average Bonchev–Trinajstić information content (AvgIpc) is 2.86. The van der Waals surface area contributed by atoms with Crippen molar-refractivity contribution in [2.75, 3.05) is 13.1 Å². The summed E-state index contributed by atoms with van der Waals surface area (Å²) in [6.07, 6.45) is 5.86. The van der Waals surface area contributed by atoms with Gasteiger partial charge in [0.1, 0.15) is 0 Å². The third-order valence-corrected chi connectivity index (χ3v) is 5.88. The van der Waals surface area contributed by atoms with E-state index in [1.807, 2.05) is 38.1 Å². The minimum atomic E-state index is -1.22. The summed E-state index contributed by atoms with van der Waals surface area (Å²) in [6.45, 7) is 7.16. The Hall–Kier alpha value is -3.20. The molecule has 2 amide bonds. The van der Waals surface area contributed by atoms with E-state index >= 15 is 0 Å². The first-order chi connectivity index (χ1) is 17.5. The van der Waals surface area contributed by atoms with Crippen LogP contribution in [0.2, 0.25) is 0 Å². The summed E-state index contributed by atoms with van der Waals surface area (Å²) in [5.41, 5.74) is 2.14. The predicted molar refractivity (Wildman–Crippen MR) is 140 cm³/mol. The molecular weight excluding hydrogens is 476 g/mol. The van der Waals surface area contributed by atoms with E-state index in [-0.39, 0.29) is 37.9 Å². The molecule has 3 atom stereocenters. The van der Waals surface area contributed by atoms with Crippen LogP contribution in [0.15, 0.2) is 36.4 Å². The molecule has 37 heavy (non-hydrogen) atoms. The number of allylic oxidation sites excluding steroid dienone is 1. The van der Waals surface area contributed by atoms with Gasteiger partial charge in [0.25, 0.3) is 0 Å². The normalized spacial score (nSPS) is 13.7. The molecule has 0 heterocycles. The number of nitrogens with one attached hydrogen (secondary N) is 2. The minimum absolute atomic E-state index is 0.0269. The van der Waals surface area contributed by atoms with Gasteiger partial charge < -0.3 is 25.6 Å². The van der Waals surface area contributed by atoms with Crippen LogP contribution in [0, 0.1) is 17.8 Å². The number of ether oxygens (including phenoxy) is 1. The van der Waals surface area contributed by atoms with Crippen LogP contribution < -0.4 is 10.6 Å². The Balaban J connectivity index is 2.23. The van der Waals surface area contributed by atoms with Gasteiger partial charge in [-0.05, 0) is 61.1 Å². The summed E-state index contributed by atoms with van der Waals surface area (Å²) in [7, 11) is 0. The van der Waals surface area contributed by atoms with Gasteiger partial charge >= 0.3 is 11.9 Å². The van der Waals surface area contributed by atoms with Crippen LogP contribution in [0.1, 0.15) is 64.5 Å². The molecule has 0 aromatic heterocycles. The first-order valence-electron chi connectivity index (χ1n) is 12.8. The van der Waals surface area contributed by atoms with Crippen molar-refractivity contribution in [1.29, 1.82) is 0 Å². The number of amides is 2. The second kappa shape index (κ2) is 17.3. The molecule has 9 heteroatoms. The highest BCUT2D eigenvalue weighted by Gasteiger charge is 2.26. The zero-order valence-corrected chi connectivity index (χ0v) is 22.4. The number of benzene rings is 1. The number of carbonyl (C=O) groups excluding carboxylic acids is 3. The van der Waals surface area contributed by atoms with Crippen molar-refractivity contribution < 1.29 is 34.1 Å². The van der Waals surface area contributed by atoms with Gasteiger partial charge in [-0.1, -0.05) is 58.0 Å². The second-order valence-electron chi connectivity index (χ2n) is 9.91. The molecule has 1 aromatic carbocycles. The quantitative estimate of drug-likeness (QED) is 0.183. The summed E-state index contributed by atoms with van der Waals surface area (Å²) in [6, 6.07) is 7.94. The molecule has 9 nitrogen and oxygen atoms in total. The number of aliphatic hydroxyl groups excluding tert-OH is 1. The lowest BCUT2D eigenvalue weighted by Gasteiger charge is -2.18. The molecule has 0 fully saturated rings. The summed E-state index contributed by atoms with van der Waals surface area (Å²) < 4.78 is 5.06. The molecule has 0 spiro atoms. The van der Waals surface area contributed by atoms with Crippen molar-refractivity contribution >= 4 is 23.8 Å². The topological polar surface area (TPSA) is 142 Å². The first kappa shape index (κ1) is 31.8. The third kappa shape index (κ3) is 14.2. The monoisotopic (exact) mass is 518 g/mol. The molecule has 1 rings (SSSR count). The number of hydrogen-bond acceptors (Lipinski definition) is 6. The SMILES string of the molecule is CC(C)CC(OC(=O)C(C)CNC(=O)CNC(=O)C=CCCC(C)CCc1ccc(CO)cc1)C(=O)O. The fourth-order valence-corrected chi connectivity index (χ4v) is 3.46. The van der Waals surface area contributed by atoms with Crippen molar-refractivity contribution in [3.63, 3.8) is 0 Å². The highest BCUT2D eigenvalue weighted by Crippen LogP contribution is 2.15. The van der Waals surface area contributed by atoms with Crippen LogP contribution in [-0.2, 0) is 36.9 Å². The molecule has 4 N–H and O–H groups in total. The first-order valence-corrected chi connectivity index (χ1v) is 12.8. The lowest BCUT2D eigenvalue weighted by molar-refractivity contribution is -0.167. The predicted octanol–water partition coefficient (Wildman–Crippen LogP) is 2.99. The van der Waals surface area contributed by atoms with Gasteiger partial charge in [0.15, 0.2) is 6.10 Å². The fraction of sp³-hybridized carbons (Fsp3) is 0.571. The maximum atomic E-state index is 12.1. The number of hydrogen-bond donors (Lipinski definition) is 4. The zero-order chi connectivity index (χ0) is 27.8. The van der Waals surface area contributed by atoms with E-state index in [4.69, 9.17) is 9.84 Å². The number of aryl methyl sites for hydroxylation is 1. The Morgan fingerprint density at radius 3 is 2.22 bits per heavy atom. The number of carboxylic acid groups (broad SMARTS) is 1.